The van der Waals surface area contributed by atoms with E-state index in [1.165, 1.54) is 16.7 Å². The van der Waals surface area contributed by atoms with Crippen LogP contribution in [0.15, 0.2) is 54.6 Å². The Labute approximate surface area is 115 Å². The monoisotopic (exact) mass is 184 g/mol. The topological polar surface area (TPSA) is 0 Å². The summed E-state index contributed by atoms with van der Waals surface area (Å²) in [5, 5.41) is 0. The van der Waals surface area contributed by atoms with Crippen LogP contribution in [0.5, 0.6) is 0 Å². The van der Waals surface area contributed by atoms with Gasteiger partial charge in [-0.15, -0.1) is 0 Å². The maximum atomic E-state index is 2.16. The fourth-order valence-corrected chi connectivity index (χ4v) is 1.38. The van der Waals surface area contributed by atoms with Gasteiger partial charge in [-0.05, 0) is 18.1 Å². The van der Waals surface area contributed by atoms with Gasteiger partial charge in [-0.3, -0.25) is 0 Å². The molecule has 0 atom stereocenters. The normalized spacial score (nSPS) is 8.60. The van der Waals surface area contributed by atoms with Crippen molar-refractivity contribution in [2.24, 2.45) is 0 Å². The summed E-state index contributed by atoms with van der Waals surface area (Å²) in [7, 11) is 0. The number of hydrogen-bond donors (Lipinski definition) is 0. The van der Waals surface area contributed by atoms with Gasteiger partial charge in [0.2, 0.25) is 0 Å². The molecule has 0 heterocycles. The van der Waals surface area contributed by atoms with Gasteiger partial charge in [-0.2, -0.15) is 0 Å². The minimum absolute atomic E-state index is 0. The Balaban J connectivity index is 0.000000980. The number of aryl methyl sites for hydroxylation is 1. The van der Waals surface area contributed by atoms with Gasteiger partial charge in [0.1, 0.15) is 0 Å². The van der Waals surface area contributed by atoms with E-state index in [1.54, 1.807) is 0 Å². The van der Waals surface area contributed by atoms with Crippen molar-refractivity contribution in [3.63, 3.8) is 0 Å². The Morgan fingerprint density at radius 2 is 1.07 bits per heavy atom. The van der Waals surface area contributed by atoms with E-state index in [0.29, 0.717) is 0 Å². The second-order valence-electron chi connectivity index (χ2n) is 3.23. The summed E-state index contributed by atoms with van der Waals surface area (Å²) >= 11 is 0. The van der Waals surface area contributed by atoms with Crippen LogP contribution in [-0.2, 0) is 0 Å². The Bertz CT molecular complexity index is 379. The van der Waals surface area contributed by atoms with Crippen molar-refractivity contribution < 1.29 is 0 Å². The van der Waals surface area contributed by atoms with Gasteiger partial charge in [-0.1, -0.05) is 60.2 Å². The van der Waals surface area contributed by atoms with Crippen LogP contribution in [0.3, 0.4) is 0 Å². The molecular formula is C13H14Li2. The van der Waals surface area contributed by atoms with E-state index < -0.39 is 0 Å². The SMILES string of the molecule is Cc1ccc(-c2ccccc2)cc1.[LiH].[LiH]. The van der Waals surface area contributed by atoms with Crippen molar-refractivity contribution in [3.8, 4) is 11.1 Å². The molecule has 0 radical (unpaired) electrons. The molecule has 0 amide bonds. The number of rotatable bonds is 1. The van der Waals surface area contributed by atoms with Crippen molar-refractivity contribution >= 4 is 37.7 Å². The number of benzene rings is 2. The predicted molar refractivity (Wildman–Crippen MR) is 70.9 cm³/mol. The summed E-state index contributed by atoms with van der Waals surface area (Å²) in [5.41, 5.74) is 3.87. The summed E-state index contributed by atoms with van der Waals surface area (Å²) in [5.74, 6) is 0. The molecule has 0 fully saturated rings. The van der Waals surface area contributed by atoms with Gasteiger partial charge in [0.25, 0.3) is 0 Å². The number of hydrogen-bond acceptors (Lipinski definition) is 0. The molecular weight excluding hydrogens is 170 g/mol. The first-order valence-electron chi connectivity index (χ1n) is 4.48. The third-order valence-electron chi connectivity index (χ3n) is 2.16. The van der Waals surface area contributed by atoms with E-state index in [2.05, 4.69) is 55.5 Å². The molecule has 2 heteroatoms. The zero-order valence-corrected chi connectivity index (χ0v) is 7.70. The Hall–Kier alpha value is -0.365. The summed E-state index contributed by atoms with van der Waals surface area (Å²) in [6.07, 6.45) is 0. The van der Waals surface area contributed by atoms with Crippen LogP contribution < -0.4 is 0 Å². The van der Waals surface area contributed by atoms with Gasteiger partial charge >= 0.3 is 37.7 Å². The summed E-state index contributed by atoms with van der Waals surface area (Å²) in [4.78, 5) is 0. The van der Waals surface area contributed by atoms with E-state index in [9.17, 15) is 0 Å². The first-order chi connectivity index (χ1) is 6.36. The molecule has 0 spiro atoms. The molecule has 0 aromatic heterocycles. The Morgan fingerprint density at radius 3 is 1.60 bits per heavy atom. The average Bonchev–Trinajstić information content (AvgIpc) is 2.20. The van der Waals surface area contributed by atoms with Crippen molar-refractivity contribution in [2.45, 2.75) is 6.92 Å². The van der Waals surface area contributed by atoms with Gasteiger partial charge in [0.05, 0.1) is 0 Å². The van der Waals surface area contributed by atoms with Crippen LogP contribution in [0, 0.1) is 6.92 Å². The molecule has 2 rings (SSSR count). The van der Waals surface area contributed by atoms with Crippen molar-refractivity contribution in [1.82, 2.24) is 0 Å². The third-order valence-corrected chi connectivity index (χ3v) is 2.16. The van der Waals surface area contributed by atoms with Gasteiger partial charge < -0.3 is 0 Å². The first-order valence-corrected chi connectivity index (χ1v) is 4.48. The molecule has 0 saturated heterocycles. The van der Waals surface area contributed by atoms with Gasteiger partial charge in [0.15, 0.2) is 0 Å². The maximum absolute atomic E-state index is 2.16. The fraction of sp³-hybridized carbons (Fsp3) is 0.0769. The van der Waals surface area contributed by atoms with Crippen molar-refractivity contribution in [2.75, 3.05) is 0 Å². The summed E-state index contributed by atoms with van der Waals surface area (Å²) in [6, 6.07) is 19.0. The molecule has 0 aliphatic rings. The molecule has 0 nitrogen and oxygen atoms in total. The van der Waals surface area contributed by atoms with Crippen molar-refractivity contribution in [3.05, 3.63) is 60.2 Å². The van der Waals surface area contributed by atoms with Crippen LogP contribution in [0.1, 0.15) is 5.56 Å². The first kappa shape index (κ1) is 14.6. The molecule has 0 bridgehead atoms. The summed E-state index contributed by atoms with van der Waals surface area (Å²) in [6.45, 7) is 2.11. The molecule has 0 N–H and O–H groups in total. The Morgan fingerprint density at radius 1 is 0.600 bits per heavy atom. The summed E-state index contributed by atoms with van der Waals surface area (Å²) < 4.78 is 0. The molecule has 0 unspecified atom stereocenters. The van der Waals surface area contributed by atoms with Gasteiger partial charge in [0, 0.05) is 0 Å². The molecule has 2 aromatic rings. The van der Waals surface area contributed by atoms with Crippen LogP contribution in [-0.4, -0.2) is 37.7 Å². The molecule has 68 valence electrons. The van der Waals surface area contributed by atoms with E-state index in [0.717, 1.165) is 0 Å². The van der Waals surface area contributed by atoms with E-state index in [4.69, 9.17) is 0 Å². The van der Waals surface area contributed by atoms with Crippen LogP contribution >= 0.6 is 0 Å². The molecule has 2 aromatic carbocycles. The van der Waals surface area contributed by atoms with Crippen LogP contribution in [0.4, 0.5) is 0 Å². The molecule has 0 saturated carbocycles. The van der Waals surface area contributed by atoms with E-state index >= 15 is 0 Å². The second-order valence-corrected chi connectivity index (χ2v) is 3.23. The predicted octanol–water partition coefficient (Wildman–Crippen LogP) is 2.37. The van der Waals surface area contributed by atoms with Gasteiger partial charge in [-0.25, -0.2) is 0 Å². The fourth-order valence-electron chi connectivity index (χ4n) is 1.38. The molecule has 0 aliphatic carbocycles. The van der Waals surface area contributed by atoms with Crippen LogP contribution in [0.25, 0.3) is 11.1 Å². The molecule has 0 aliphatic heterocycles. The zero-order valence-electron chi connectivity index (χ0n) is 7.70. The quantitative estimate of drug-likeness (QED) is 0.597. The third kappa shape index (κ3) is 3.94. The second kappa shape index (κ2) is 7.00. The average molecular weight is 184 g/mol. The molecule has 15 heavy (non-hydrogen) atoms. The zero-order chi connectivity index (χ0) is 9.10. The van der Waals surface area contributed by atoms with E-state index in [1.807, 2.05) is 6.07 Å². The minimum atomic E-state index is 0. The van der Waals surface area contributed by atoms with Crippen LogP contribution in [0.2, 0.25) is 0 Å². The van der Waals surface area contributed by atoms with Crippen molar-refractivity contribution in [1.29, 1.82) is 0 Å². The standard InChI is InChI=1S/C13H12.2Li.2H/c1-11-7-9-13(10-8-11)12-5-3-2-4-6-12;;;;/h2-10H,1H3;;;;. The Kier molecular flexibility index (Phi) is 6.83. The van der Waals surface area contributed by atoms with E-state index in [-0.39, 0.29) is 37.7 Å².